The van der Waals surface area contributed by atoms with Crippen LogP contribution in [-0.2, 0) is 5.60 Å². The van der Waals surface area contributed by atoms with E-state index in [9.17, 15) is 9.50 Å². The van der Waals surface area contributed by atoms with Gasteiger partial charge >= 0.3 is 0 Å². The Bertz CT molecular complexity index is 796. The molecule has 0 radical (unpaired) electrons. The molecule has 2 aromatic carbocycles. The fourth-order valence-corrected chi connectivity index (χ4v) is 2.90. The summed E-state index contributed by atoms with van der Waals surface area (Å²) in [5, 5.41) is 11.7. The van der Waals surface area contributed by atoms with E-state index in [1.165, 1.54) is 6.07 Å². The van der Waals surface area contributed by atoms with Crippen molar-refractivity contribution in [3.8, 4) is 0 Å². The molecule has 0 fully saturated rings. The Morgan fingerprint density at radius 1 is 1.19 bits per heavy atom. The van der Waals surface area contributed by atoms with Gasteiger partial charge in [0.15, 0.2) is 11.4 Å². The molecule has 0 spiro atoms. The molecule has 0 amide bonds. The second-order valence-corrected chi connectivity index (χ2v) is 5.91. The number of halogens is 2. The van der Waals surface area contributed by atoms with E-state index in [1.807, 2.05) is 31.2 Å². The third-order valence-corrected chi connectivity index (χ3v) is 4.21. The van der Waals surface area contributed by atoms with E-state index in [0.717, 1.165) is 4.47 Å². The van der Waals surface area contributed by atoms with Crippen molar-refractivity contribution in [1.82, 2.24) is 0 Å². The van der Waals surface area contributed by atoms with Gasteiger partial charge in [-0.25, -0.2) is 4.39 Å². The molecule has 0 aliphatic heterocycles. The number of benzene rings is 2. The summed E-state index contributed by atoms with van der Waals surface area (Å²) in [4.78, 5) is 0. The first-order valence-corrected chi connectivity index (χ1v) is 7.51. The molecule has 0 aliphatic carbocycles. The fourth-order valence-electron chi connectivity index (χ4n) is 2.50. The Hall–Kier alpha value is -1.65. The minimum Gasteiger partial charge on any atom is -0.455 e. The van der Waals surface area contributed by atoms with E-state index in [1.54, 1.807) is 18.2 Å². The zero-order valence-electron chi connectivity index (χ0n) is 11.4. The smallest absolute Gasteiger partial charge is 0.170 e. The number of para-hydroxylation sites is 1. The van der Waals surface area contributed by atoms with Crippen molar-refractivity contribution in [3.63, 3.8) is 0 Å². The Balaban J connectivity index is 2.19. The second kappa shape index (κ2) is 5.28. The number of aliphatic hydroxyl groups is 1. The van der Waals surface area contributed by atoms with E-state index in [0.29, 0.717) is 23.1 Å². The van der Waals surface area contributed by atoms with E-state index in [2.05, 4.69) is 15.9 Å². The van der Waals surface area contributed by atoms with Gasteiger partial charge in [-0.3, -0.25) is 0 Å². The number of hydrogen-bond acceptors (Lipinski definition) is 2. The van der Waals surface area contributed by atoms with Gasteiger partial charge in [-0.1, -0.05) is 47.1 Å². The monoisotopic (exact) mass is 348 g/mol. The summed E-state index contributed by atoms with van der Waals surface area (Å²) < 4.78 is 20.3. The van der Waals surface area contributed by atoms with Gasteiger partial charge in [0.05, 0.1) is 0 Å². The summed E-state index contributed by atoms with van der Waals surface area (Å²) >= 11 is 3.40. The molecule has 2 nitrogen and oxygen atoms in total. The predicted molar refractivity (Wildman–Crippen MR) is 83.6 cm³/mol. The van der Waals surface area contributed by atoms with Crippen molar-refractivity contribution in [2.45, 2.75) is 18.9 Å². The summed E-state index contributed by atoms with van der Waals surface area (Å²) in [7, 11) is 0. The van der Waals surface area contributed by atoms with Crippen LogP contribution in [0.25, 0.3) is 11.0 Å². The van der Waals surface area contributed by atoms with Gasteiger partial charge in [0.2, 0.25) is 0 Å². The largest absolute Gasteiger partial charge is 0.455 e. The Morgan fingerprint density at radius 3 is 2.62 bits per heavy atom. The summed E-state index contributed by atoms with van der Waals surface area (Å²) in [6.45, 7) is 1.87. The SMILES string of the molecule is CCC(O)(c1cccc(Br)c1)c1cc2cccc(F)c2o1. The molecule has 1 N–H and O–H groups in total. The van der Waals surface area contributed by atoms with Crippen LogP contribution in [0.5, 0.6) is 0 Å². The van der Waals surface area contributed by atoms with Crippen LogP contribution in [0.3, 0.4) is 0 Å². The molecule has 0 saturated heterocycles. The fraction of sp³-hybridized carbons (Fsp3) is 0.176. The molecular formula is C17H14BrFO2. The molecule has 3 rings (SSSR count). The standard InChI is InChI=1S/C17H14BrFO2/c1-2-17(20,12-6-4-7-13(18)10-12)15-9-11-5-3-8-14(19)16(11)21-15/h3-10,20H,2H2,1H3. The van der Waals surface area contributed by atoms with Gasteiger partial charge in [-0.05, 0) is 36.2 Å². The quantitative estimate of drug-likeness (QED) is 0.723. The van der Waals surface area contributed by atoms with Gasteiger partial charge in [0.25, 0.3) is 0 Å². The highest BCUT2D eigenvalue weighted by atomic mass is 79.9. The number of fused-ring (bicyclic) bond motifs is 1. The van der Waals surface area contributed by atoms with Crippen LogP contribution in [0.2, 0.25) is 0 Å². The number of rotatable bonds is 3. The molecule has 1 atom stereocenters. The van der Waals surface area contributed by atoms with Gasteiger partial charge in [0.1, 0.15) is 11.4 Å². The lowest BCUT2D eigenvalue weighted by Gasteiger charge is -2.25. The lowest BCUT2D eigenvalue weighted by Crippen LogP contribution is -2.25. The first-order valence-electron chi connectivity index (χ1n) is 6.71. The van der Waals surface area contributed by atoms with Crippen LogP contribution < -0.4 is 0 Å². The molecule has 0 saturated carbocycles. The van der Waals surface area contributed by atoms with E-state index >= 15 is 0 Å². The lowest BCUT2D eigenvalue weighted by molar-refractivity contribution is 0.0542. The van der Waals surface area contributed by atoms with Crippen LogP contribution in [0, 0.1) is 5.82 Å². The average Bonchev–Trinajstić information content (AvgIpc) is 2.92. The van der Waals surface area contributed by atoms with Crippen molar-refractivity contribution >= 4 is 26.9 Å². The minimum absolute atomic E-state index is 0.175. The molecule has 1 unspecified atom stereocenters. The highest BCUT2D eigenvalue weighted by molar-refractivity contribution is 9.10. The highest BCUT2D eigenvalue weighted by Gasteiger charge is 2.33. The normalized spacial score (nSPS) is 14.3. The molecule has 0 bridgehead atoms. The van der Waals surface area contributed by atoms with E-state index in [4.69, 9.17) is 4.42 Å². The minimum atomic E-state index is -1.28. The number of hydrogen-bond donors (Lipinski definition) is 1. The first-order chi connectivity index (χ1) is 10.0. The molecule has 1 heterocycles. The molecule has 0 aliphatic rings. The molecule has 3 aromatic rings. The lowest BCUT2D eigenvalue weighted by atomic mass is 9.88. The van der Waals surface area contributed by atoms with Crippen LogP contribution in [-0.4, -0.2) is 5.11 Å². The maximum atomic E-state index is 13.8. The molecular weight excluding hydrogens is 335 g/mol. The summed E-state index contributed by atoms with van der Waals surface area (Å²) in [6, 6.07) is 13.8. The van der Waals surface area contributed by atoms with Crippen LogP contribution >= 0.6 is 15.9 Å². The first kappa shape index (κ1) is 14.3. The van der Waals surface area contributed by atoms with Crippen molar-refractivity contribution in [1.29, 1.82) is 0 Å². The maximum absolute atomic E-state index is 13.8. The van der Waals surface area contributed by atoms with Crippen molar-refractivity contribution in [2.75, 3.05) is 0 Å². The second-order valence-electron chi connectivity index (χ2n) is 4.99. The molecule has 4 heteroatoms. The predicted octanol–water partition coefficient (Wildman–Crippen LogP) is 4.98. The third kappa shape index (κ3) is 2.39. The zero-order valence-corrected chi connectivity index (χ0v) is 13.0. The Morgan fingerprint density at radius 2 is 1.95 bits per heavy atom. The molecule has 108 valence electrons. The van der Waals surface area contributed by atoms with Gasteiger partial charge in [-0.2, -0.15) is 0 Å². The maximum Gasteiger partial charge on any atom is 0.170 e. The van der Waals surface area contributed by atoms with Gasteiger partial charge in [0, 0.05) is 9.86 Å². The van der Waals surface area contributed by atoms with Gasteiger partial charge in [-0.15, -0.1) is 0 Å². The Labute approximate surface area is 130 Å². The van der Waals surface area contributed by atoms with Crippen LogP contribution in [0.4, 0.5) is 4.39 Å². The van der Waals surface area contributed by atoms with Crippen molar-refractivity contribution < 1.29 is 13.9 Å². The van der Waals surface area contributed by atoms with Crippen molar-refractivity contribution in [2.24, 2.45) is 0 Å². The Kier molecular flexibility index (Phi) is 3.59. The van der Waals surface area contributed by atoms with E-state index in [-0.39, 0.29) is 5.58 Å². The average molecular weight is 349 g/mol. The van der Waals surface area contributed by atoms with Crippen molar-refractivity contribution in [3.05, 3.63) is 70.1 Å². The summed E-state index contributed by atoms with van der Waals surface area (Å²) in [5.41, 5.74) is -0.400. The van der Waals surface area contributed by atoms with Crippen LogP contribution in [0.1, 0.15) is 24.7 Å². The topological polar surface area (TPSA) is 33.4 Å². The molecule has 1 aromatic heterocycles. The molecule has 21 heavy (non-hydrogen) atoms. The third-order valence-electron chi connectivity index (χ3n) is 3.72. The van der Waals surface area contributed by atoms with Gasteiger partial charge < -0.3 is 9.52 Å². The zero-order chi connectivity index (χ0) is 15.0. The van der Waals surface area contributed by atoms with E-state index < -0.39 is 11.4 Å². The summed E-state index contributed by atoms with van der Waals surface area (Å²) in [6.07, 6.45) is 0.422. The number of furan rings is 1. The van der Waals surface area contributed by atoms with Crippen LogP contribution in [0.15, 0.2) is 57.4 Å². The summed E-state index contributed by atoms with van der Waals surface area (Å²) in [5.74, 6) is -0.0744. The highest BCUT2D eigenvalue weighted by Crippen LogP contribution is 2.37.